The van der Waals surface area contributed by atoms with E-state index in [-0.39, 0.29) is 13.0 Å². The Bertz CT molecular complexity index is 1300. The smallest absolute Gasteiger partial charge is 0.371 e. The maximum Gasteiger partial charge on any atom is 0.417 e. The van der Waals surface area contributed by atoms with Crippen molar-refractivity contribution in [1.29, 1.82) is 0 Å². The van der Waals surface area contributed by atoms with Crippen LogP contribution in [0.25, 0.3) is 11.0 Å². The number of fused-ring (bicyclic) bond motifs is 1. The minimum atomic E-state index is -4.70. The number of carbonyl (C=O) groups excluding carboxylic acids is 1. The second-order valence-electron chi connectivity index (χ2n) is 8.33. The molecular weight excluding hydrogens is 472 g/mol. The van der Waals surface area contributed by atoms with Crippen LogP contribution in [0.3, 0.4) is 0 Å². The first-order valence-corrected chi connectivity index (χ1v) is 10.7. The lowest BCUT2D eigenvalue weighted by molar-refractivity contribution is -0.138. The maximum absolute atomic E-state index is 15.2. The molecule has 1 aliphatic heterocycles. The predicted octanol–water partition coefficient (Wildman–Crippen LogP) is 2.80. The molecule has 14 heteroatoms. The molecule has 2 atom stereocenters. The van der Waals surface area contributed by atoms with Gasteiger partial charge in [0.2, 0.25) is 0 Å². The van der Waals surface area contributed by atoms with Gasteiger partial charge in [-0.1, -0.05) is 0 Å². The first kappa shape index (κ1) is 24.3. The first-order chi connectivity index (χ1) is 16.5. The van der Waals surface area contributed by atoms with E-state index in [0.29, 0.717) is 36.0 Å². The van der Waals surface area contributed by atoms with Crippen LogP contribution in [0, 0.1) is 0 Å². The van der Waals surface area contributed by atoms with Crippen molar-refractivity contribution in [2.75, 3.05) is 42.7 Å². The molecule has 0 saturated carbocycles. The molecular formula is C21H24F4N8O2. The highest BCUT2D eigenvalue weighted by molar-refractivity contribution is 5.90. The molecule has 188 valence electrons. The Morgan fingerprint density at radius 1 is 1.31 bits per heavy atom. The lowest BCUT2D eigenvalue weighted by Gasteiger charge is -2.39. The van der Waals surface area contributed by atoms with E-state index in [0.717, 1.165) is 21.9 Å². The Morgan fingerprint density at radius 2 is 2.06 bits per heavy atom. The van der Waals surface area contributed by atoms with Gasteiger partial charge in [0.15, 0.2) is 11.5 Å². The summed E-state index contributed by atoms with van der Waals surface area (Å²) in [6.45, 7) is 0.390. The number of piperidine rings is 1. The number of urea groups is 1. The van der Waals surface area contributed by atoms with Gasteiger partial charge in [0, 0.05) is 33.9 Å². The summed E-state index contributed by atoms with van der Waals surface area (Å²) in [4.78, 5) is 32.1. The van der Waals surface area contributed by atoms with Crippen molar-refractivity contribution >= 4 is 34.3 Å². The number of alkyl halides is 4. The number of aromatic nitrogens is 4. The van der Waals surface area contributed by atoms with Gasteiger partial charge in [0.25, 0.3) is 5.56 Å². The number of nitrogens with zero attached hydrogens (tertiary/aromatic N) is 5. The van der Waals surface area contributed by atoms with Crippen LogP contribution in [-0.4, -0.2) is 70.1 Å². The van der Waals surface area contributed by atoms with E-state index < -0.39 is 41.2 Å². The van der Waals surface area contributed by atoms with Gasteiger partial charge in [-0.15, -0.1) is 0 Å². The average Bonchev–Trinajstić information content (AvgIpc) is 3.23. The Kier molecular flexibility index (Phi) is 6.30. The topological polar surface area (TPSA) is 111 Å². The minimum Gasteiger partial charge on any atom is -0.371 e. The number of anilines is 3. The van der Waals surface area contributed by atoms with Gasteiger partial charge in [0.1, 0.15) is 11.9 Å². The quantitative estimate of drug-likeness (QED) is 0.479. The molecule has 1 fully saturated rings. The van der Waals surface area contributed by atoms with Gasteiger partial charge in [-0.2, -0.15) is 18.3 Å². The standard InChI is InChI=1S/C21H24F4N8O2/c1-26-17-13-7-12(8-27-18(13)30-29-17)33-5-4-16(14(22)10-33)32(3)20(35)28-15-6-11(21(23,24)25)9-31(2)19(15)34/h6-9,14,16H,4-5,10H2,1-3H3,(H,28,35)(H2,26,27,29,30)/t14-,16+/m1/s1. The minimum absolute atomic E-state index is 0.0203. The second kappa shape index (κ2) is 9.07. The van der Waals surface area contributed by atoms with E-state index in [9.17, 15) is 22.8 Å². The van der Waals surface area contributed by atoms with E-state index in [1.165, 1.54) is 7.05 Å². The number of hydrogen-bond donors (Lipinski definition) is 3. The number of H-pyrrole nitrogens is 1. The molecule has 4 rings (SSSR count). The monoisotopic (exact) mass is 496 g/mol. The summed E-state index contributed by atoms with van der Waals surface area (Å²) < 4.78 is 55.2. The van der Waals surface area contributed by atoms with Crippen molar-refractivity contribution < 1.29 is 22.4 Å². The van der Waals surface area contributed by atoms with Crippen LogP contribution >= 0.6 is 0 Å². The molecule has 1 aliphatic rings. The number of rotatable bonds is 4. The van der Waals surface area contributed by atoms with Crippen molar-refractivity contribution in [2.24, 2.45) is 7.05 Å². The fraction of sp³-hybridized carbons (Fsp3) is 0.429. The van der Waals surface area contributed by atoms with Gasteiger partial charge in [0.05, 0.1) is 35.4 Å². The molecule has 10 nitrogen and oxygen atoms in total. The van der Waals surface area contributed by atoms with Gasteiger partial charge in [-0.3, -0.25) is 9.89 Å². The molecule has 3 aromatic heterocycles. The number of halogens is 4. The van der Waals surface area contributed by atoms with E-state index in [4.69, 9.17) is 0 Å². The largest absolute Gasteiger partial charge is 0.417 e. The van der Waals surface area contributed by atoms with Crippen LogP contribution in [0.15, 0.2) is 29.3 Å². The molecule has 1 saturated heterocycles. The zero-order chi connectivity index (χ0) is 25.5. The summed E-state index contributed by atoms with van der Waals surface area (Å²) in [6.07, 6.45) is -3.64. The lowest BCUT2D eigenvalue weighted by Crippen LogP contribution is -2.54. The molecule has 0 spiro atoms. The maximum atomic E-state index is 15.2. The number of pyridine rings is 2. The van der Waals surface area contributed by atoms with Gasteiger partial charge < -0.3 is 25.0 Å². The van der Waals surface area contributed by atoms with Crippen LogP contribution in [0.2, 0.25) is 0 Å². The zero-order valence-corrected chi connectivity index (χ0v) is 19.1. The molecule has 0 aliphatic carbocycles. The predicted molar refractivity (Wildman–Crippen MR) is 122 cm³/mol. The summed E-state index contributed by atoms with van der Waals surface area (Å²) in [5.41, 5.74) is -1.15. The summed E-state index contributed by atoms with van der Waals surface area (Å²) in [6, 6.07) is 0.703. The molecule has 0 unspecified atom stereocenters. The SMILES string of the molecule is CNc1n[nH]c2ncc(N3CC[C@H](N(C)C(=O)Nc4cc(C(F)(F)F)cn(C)c4=O)[C@H](F)C3)cc12. The van der Waals surface area contributed by atoms with Crippen LogP contribution in [-0.2, 0) is 13.2 Å². The molecule has 0 radical (unpaired) electrons. The van der Waals surface area contributed by atoms with Crippen LogP contribution in [0.1, 0.15) is 12.0 Å². The fourth-order valence-electron chi connectivity index (χ4n) is 4.13. The molecule has 0 aromatic carbocycles. The van der Waals surface area contributed by atoms with E-state index >= 15 is 4.39 Å². The Hall–Kier alpha value is -3.84. The third kappa shape index (κ3) is 4.72. The highest BCUT2D eigenvalue weighted by atomic mass is 19.4. The van der Waals surface area contributed by atoms with Crippen molar-refractivity contribution in [3.63, 3.8) is 0 Å². The van der Waals surface area contributed by atoms with Crippen molar-refractivity contribution in [1.82, 2.24) is 24.6 Å². The third-order valence-electron chi connectivity index (χ3n) is 6.08. The summed E-state index contributed by atoms with van der Waals surface area (Å²) in [5.74, 6) is 0.609. The lowest BCUT2D eigenvalue weighted by atomic mass is 10.0. The zero-order valence-electron chi connectivity index (χ0n) is 19.1. The molecule has 2 amide bonds. The number of aromatic amines is 1. The Labute approximate surface area is 196 Å². The second-order valence-corrected chi connectivity index (χ2v) is 8.33. The first-order valence-electron chi connectivity index (χ1n) is 10.7. The Morgan fingerprint density at radius 3 is 2.71 bits per heavy atom. The van der Waals surface area contributed by atoms with Crippen molar-refractivity contribution in [2.45, 2.75) is 24.8 Å². The average molecular weight is 496 g/mol. The molecule has 3 aromatic rings. The van der Waals surface area contributed by atoms with Gasteiger partial charge in [-0.05, 0) is 18.6 Å². The molecule has 0 bridgehead atoms. The number of amides is 2. The van der Waals surface area contributed by atoms with Crippen LogP contribution < -0.4 is 21.1 Å². The summed E-state index contributed by atoms with van der Waals surface area (Å²) in [7, 11) is 4.22. The Balaban J connectivity index is 1.46. The van der Waals surface area contributed by atoms with Crippen LogP contribution in [0.5, 0.6) is 0 Å². The fourth-order valence-corrected chi connectivity index (χ4v) is 4.13. The highest BCUT2D eigenvalue weighted by Crippen LogP contribution is 2.30. The number of hydrogen-bond acceptors (Lipinski definition) is 6. The molecule has 35 heavy (non-hydrogen) atoms. The van der Waals surface area contributed by atoms with Crippen molar-refractivity contribution in [3.8, 4) is 0 Å². The number of aryl methyl sites for hydroxylation is 1. The third-order valence-corrected chi connectivity index (χ3v) is 6.08. The van der Waals surface area contributed by atoms with E-state index in [2.05, 4.69) is 25.8 Å². The highest BCUT2D eigenvalue weighted by Gasteiger charge is 2.36. The normalized spacial score (nSPS) is 18.5. The van der Waals surface area contributed by atoms with Gasteiger partial charge >= 0.3 is 12.2 Å². The van der Waals surface area contributed by atoms with E-state index in [1.807, 2.05) is 6.07 Å². The number of carbonyl (C=O) groups is 1. The molecule has 3 N–H and O–H groups in total. The van der Waals surface area contributed by atoms with Crippen molar-refractivity contribution in [3.05, 3.63) is 40.4 Å². The van der Waals surface area contributed by atoms with E-state index in [1.54, 1.807) is 18.1 Å². The van der Waals surface area contributed by atoms with Crippen LogP contribution in [0.4, 0.5) is 39.5 Å². The summed E-state index contributed by atoms with van der Waals surface area (Å²) >= 11 is 0. The van der Waals surface area contributed by atoms with Gasteiger partial charge in [-0.25, -0.2) is 14.2 Å². The molecule has 4 heterocycles. The number of nitrogens with one attached hydrogen (secondary N) is 3. The summed E-state index contributed by atoms with van der Waals surface area (Å²) in [5, 5.41) is 12.8.